The third kappa shape index (κ3) is 5.26. The van der Waals surface area contributed by atoms with Crippen molar-refractivity contribution in [2.45, 2.75) is 66.0 Å². The van der Waals surface area contributed by atoms with Crippen LogP contribution in [0.2, 0.25) is 0 Å². The van der Waals surface area contributed by atoms with Crippen LogP contribution in [-0.2, 0) is 4.79 Å². The van der Waals surface area contributed by atoms with Crippen LogP contribution in [0.4, 0.5) is 10.1 Å². The van der Waals surface area contributed by atoms with E-state index in [9.17, 15) is 9.18 Å². The number of hydrogen-bond acceptors (Lipinski definition) is 2. The third-order valence-corrected chi connectivity index (χ3v) is 5.24. The number of nitrogens with one attached hydrogen (secondary N) is 2. The molecule has 0 unspecified atom stereocenters. The van der Waals surface area contributed by atoms with E-state index in [0.717, 1.165) is 46.4 Å². The van der Waals surface area contributed by atoms with E-state index >= 15 is 0 Å². The molecule has 0 bridgehead atoms. The molecule has 0 spiro atoms. The smallest absolute Gasteiger partial charge is 0.247 e. The standard InChI is InChI=1S/C25H31FN2O/c1-6-18(25(29)28-20-7-8-20)13-19-11-17(5)23(12-16(19)4)22-10-9-21(14-24(22)26)27-15(2)3/h9-15,20,27H,6-8H2,1-5H3,(H,28,29). The average Bonchev–Trinajstić information content (AvgIpc) is 3.46. The zero-order valence-corrected chi connectivity index (χ0v) is 18.0. The fourth-order valence-electron chi connectivity index (χ4n) is 3.46. The molecule has 1 aliphatic rings. The minimum atomic E-state index is -0.237. The van der Waals surface area contributed by atoms with E-state index in [-0.39, 0.29) is 17.8 Å². The highest BCUT2D eigenvalue weighted by Crippen LogP contribution is 2.31. The maximum Gasteiger partial charge on any atom is 0.247 e. The van der Waals surface area contributed by atoms with Crippen LogP contribution in [-0.4, -0.2) is 18.0 Å². The van der Waals surface area contributed by atoms with Crippen molar-refractivity contribution in [1.29, 1.82) is 0 Å². The molecule has 0 saturated heterocycles. The molecule has 4 heteroatoms. The first-order valence-corrected chi connectivity index (χ1v) is 10.5. The number of benzene rings is 2. The van der Waals surface area contributed by atoms with E-state index in [1.807, 2.05) is 65.0 Å². The molecule has 0 heterocycles. The zero-order chi connectivity index (χ0) is 21.1. The lowest BCUT2D eigenvalue weighted by Crippen LogP contribution is -2.26. The van der Waals surface area contributed by atoms with Gasteiger partial charge in [0.15, 0.2) is 0 Å². The number of rotatable bonds is 7. The number of carbonyl (C=O) groups is 1. The summed E-state index contributed by atoms with van der Waals surface area (Å²) in [5.41, 5.74) is 6.06. The van der Waals surface area contributed by atoms with Gasteiger partial charge in [-0.15, -0.1) is 0 Å². The van der Waals surface area contributed by atoms with Crippen molar-refractivity contribution in [3.05, 3.63) is 58.4 Å². The predicted octanol–water partition coefficient (Wildman–Crippen LogP) is 6.00. The first kappa shape index (κ1) is 21.1. The third-order valence-electron chi connectivity index (χ3n) is 5.24. The molecule has 0 aliphatic heterocycles. The van der Waals surface area contributed by atoms with Gasteiger partial charge in [0, 0.05) is 28.9 Å². The molecular weight excluding hydrogens is 363 g/mol. The Labute approximate surface area is 173 Å². The molecule has 2 aromatic carbocycles. The molecule has 1 amide bonds. The van der Waals surface area contributed by atoms with Crippen LogP contribution >= 0.6 is 0 Å². The zero-order valence-electron chi connectivity index (χ0n) is 18.0. The van der Waals surface area contributed by atoms with Crippen LogP contribution in [0, 0.1) is 19.7 Å². The van der Waals surface area contributed by atoms with Crippen LogP contribution in [0.25, 0.3) is 17.2 Å². The van der Waals surface area contributed by atoms with Crippen LogP contribution in [0.1, 0.15) is 56.7 Å². The van der Waals surface area contributed by atoms with Gasteiger partial charge in [0.25, 0.3) is 0 Å². The lowest BCUT2D eigenvalue weighted by atomic mass is 9.93. The molecule has 154 valence electrons. The normalized spacial score (nSPS) is 14.2. The lowest BCUT2D eigenvalue weighted by Gasteiger charge is -2.15. The van der Waals surface area contributed by atoms with Gasteiger partial charge in [-0.1, -0.05) is 19.1 Å². The second-order valence-electron chi connectivity index (χ2n) is 8.29. The first-order chi connectivity index (χ1) is 13.8. The molecule has 29 heavy (non-hydrogen) atoms. The maximum absolute atomic E-state index is 14.8. The van der Waals surface area contributed by atoms with E-state index in [0.29, 0.717) is 18.0 Å². The Kier molecular flexibility index (Phi) is 6.41. The number of amides is 1. The van der Waals surface area contributed by atoms with Crippen molar-refractivity contribution in [3.8, 4) is 11.1 Å². The van der Waals surface area contributed by atoms with Crippen molar-refractivity contribution in [2.24, 2.45) is 0 Å². The van der Waals surface area contributed by atoms with Gasteiger partial charge in [-0.3, -0.25) is 4.79 Å². The first-order valence-electron chi connectivity index (χ1n) is 10.5. The Hall–Kier alpha value is -2.62. The molecule has 1 fully saturated rings. The number of anilines is 1. The molecule has 1 saturated carbocycles. The van der Waals surface area contributed by atoms with Gasteiger partial charge >= 0.3 is 0 Å². The molecule has 1 aliphatic carbocycles. The number of carbonyl (C=O) groups excluding carboxylic acids is 1. The van der Waals surface area contributed by atoms with E-state index in [2.05, 4.69) is 10.6 Å². The van der Waals surface area contributed by atoms with E-state index < -0.39 is 0 Å². The minimum Gasteiger partial charge on any atom is -0.383 e. The Morgan fingerprint density at radius 3 is 2.45 bits per heavy atom. The van der Waals surface area contributed by atoms with E-state index in [1.54, 1.807) is 6.07 Å². The van der Waals surface area contributed by atoms with Gasteiger partial charge < -0.3 is 10.6 Å². The van der Waals surface area contributed by atoms with Gasteiger partial charge in [-0.05, 0) is 93.5 Å². The second kappa shape index (κ2) is 8.81. The maximum atomic E-state index is 14.8. The number of halogens is 1. The molecule has 2 N–H and O–H groups in total. The summed E-state index contributed by atoms with van der Waals surface area (Å²) in [6.07, 6.45) is 4.80. The summed E-state index contributed by atoms with van der Waals surface area (Å²) < 4.78 is 14.8. The summed E-state index contributed by atoms with van der Waals surface area (Å²) in [5, 5.41) is 6.29. The highest BCUT2D eigenvalue weighted by atomic mass is 19.1. The Morgan fingerprint density at radius 1 is 1.14 bits per heavy atom. The number of hydrogen-bond donors (Lipinski definition) is 2. The van der Waals surface area contributed by atoms with E-state index in [4.69, 9.17) is 0 Å². The van der Waals surface area contributed by atoms with Crippen molar-refractivity contribution >= 4 is 17.7 Å². The quantitative estimate of drug-likeness (QED) is 0.565. The second-order valence-corrected chi connectivity index (χ2v) is 8.29. The Bertz CT molecular complexity index is 942. The van der Waals surface area contributed by atoms with Gasteiger partial charge in [-0.25, -0.2) is 4.39 Å². The highest BCUT2D eigenvalue weighted by Gasteiger charge is 2.24. The Balaban J connectivity index is 1.91. The number of aryl methyl sites for hydroxylation is 2. The molecule has 3 rings (SSSR count). The molecule has 3 nitrogen and oxygen atoms in total. The van der Waals surface area contributed by atoms with E-state index in [1.165, 1.54) is 0 Å². The fraction of sp³-hybridized carbons (Fsp3) is 0.400. The highest BCUT2D eigenvalue weighted by molar-refractivity contribution is 5.98. The topological polar surface area (TPSA) is 41.1 Å². The van der Waals surface area contributed by atoms with Crippen LogP contribution < -0.4 is 10.6 Å². The fourth-order valence-corrected chi connectivity index (χ4v) is 3.46. The largest absolute Gasteiger partial charge is 0.383 e. The summed E-state index contributed by atoms with van der Waals surface area (Å²) in [5.74, 6) is -0.213. The van der Waals surface area contributed by atoms with Crippen LogP contribution in [0.3, 0.4) is 0 Å². The van der Waals surface area contributed by atoms with Crippen LogP contribution in [0.5, 0.6) is 0 Å². The van der Waals surface area contributed by atoms with Gasteiger partial charge in [0.2, 0.25) is 5.91 Å². The predicted molar refractivity (Wildman–Crippen MR) is 120 cm³/mol. The molecule has 0 aromatic heterocycles. The Morgan fingerprint density at radius 2 is 1.86 bits per heavy atom. The summed E-state index contributed by atoms with van der Waals surface area (Å²) >= 11 is 0. The molecule has 0 radical (unpaired) electrons. The van der Waals surface area contributed by atoms with Crippen molar-refractivity contribution in [1.82, 2.24) is 5.32 Å². The molecular formula is C25H31FN2O. The summed E-state index contributed by atoms with van der Waals surface area (Å²) in [6, 6.07) is 9.95. The van der Waals surface area contributed by atoms with Crippen molar-refractivity contribution < 1.29 is 9.18 Å². The van der Waals surface area contributed by atoms with Gasteiger partial charge in [0.05, 0.1) is 0 Å². The van der Waals surface area contributed by atoms with Crippen molar-refractivity contribution in [2.75, 3.05) is 5.32 Å². The lowest BCUT2D eigenvalue weighted by molar-refractivity contribution is -0.117. The molecule has 0 atom stereocenters. The average molecular weight is 395 g/mol. The van der Waals surface area contributed by atoms with Gasteiger partial charge in [-0.2, -0.15) is 0 Å². The summed E-state index contributed by atoms with van der Waals surface area (Å²) in [6.45, 7) is 10.0. The van der Waals surface area contributed by atoms with Crippen molar-refractivity contribution in [3.63, 3.8) is 0 Å². The van der Waals surface area contributed by atoms with Crippen LogP contribution in [0.15, 0.2) is 35.9 Å². The van der Waals surface area contributed by atoms with Gasteiger partial charge in [0.1, 0.15) is 5.82 Å². The summed E-state index contributed by atoms with van der Waals surface area (Å²) in [7, 11) is 0. The monoisotopic (exact) mass is 394 g/mol. The molecule has 2 aromatic rings. The minimum absolute atomic E-state index is 0.0235. The summed E-state index contributed by atoms with van der Waals surface area (Å²) in [4.78, 5) is 12.4. The SMILES string of the molecule is CCC(=Cc1cc(C)c(-c2ccc(NC(C)C)cc2F)cc1C)C(=O)NC1CC1.